The third kappa shape index (κ3) is 1.82. The molecule has 1 nitrogen and oxygen atoms in total. The first-order valence-electron chi connectivity index (χ1n) is 5.28. The Morgan fingerprint density at radius 3 is 2.41 bits per heavy atom. The molecule has 3 aromatic rings. The van der Waals surface area contributed by atoms with Crippen LogP contribution in [0.4, 0.5) is 0 Å². The molecule has 0 spiro atoms. The number of hydrogen-bond acceptors (Lipinski definition) is 0. The molecule has 0 aliphatic rings. The van der Waals surface area contributed by atoms with E-state index >= 15 is 0 Å². The summed E-state index contributed by atoms with van der Waals surface area (Å²) in [6.07, 6.45) is 0. The summed E-state index contributed by atoms with van der Waals surface area (Å²) >= 11 is 12.2. The number of benzene rings is 2. The highest BCUT2D eigenvalue weighted by Crippen LogP contribution is 2.33. The Bertz CT molecular complexity index is 671. The van der Waals surface area contributed by atoms with Gasteiger partial charge in [-0.05, 0) is 17.7 Å². The van der Waals surface area contributed by atoms with Crippen molar-refractivity contribution in [2.75, 3.05) is 0 Å². The third-order valence-corrected chi connectivity index (χ3v) is 3.58. The normalized spacial score (nSPS) is 10.9. The van der Waals surface area contributed by atoms with Gasteiger partial charge in [0.05, 0.1) is 15.6 Å². The van der Waals surface area contributed by atoms with Crippen molar-refractivity contribution < 1.29 is 0 Å². The van der Waals surface area contributed by atoms with Crippen LogP contribution in [0.1, 0.15) is 0 Å². The lowest BCUT2D eigenvalue weighted by Gasteiger charge is -1.97. The summed E-state index contributed by atoms with van der Waals surface area (Å²) in [6, 6.07) is 16.0. The van der Waals surface area contributed by atoms with Crippen LogP contribution in [0.15, 0.2) is 48.5 Å². The van der Waals surface area contributed by atoms with E-state index in [4.69, 9.17) is 23.2 Å². The summed E-state index contributed by atoms with van der Waals surface area (Å²) in [5.41, 5.74) is 3.07. The van der Waals surface area contributed by atoms with E-state index in [1.807, 2.05) is 30.3 Å². The fourth-order valence-electron chi connectivity index (χ4n) is 1.91. The Hall–Kier alpha value is -1.44. The largest absolute Gasteiger partial charge is 0.353 e. The zero-order valence-electron chi connectivity index (χ0n) is 8.87. The molecule has 2 aromatic carbocycles. The lowest BCUT2D eigenvalue weighted by atomic mass is 10.1. The molecule has 1 heterocycles. The van der Waals surface area contributed by atoms with E-state index in [1.165, 1.54) is 0 Å². The molecular weight excluding hydrogens is 253 g/mol. The molecule has 0 aliphatic heterocycles. The standard InChI is InChI=1S/C14H9Cl2N/c15-11-7-6-10-8-12(17-14(10)13(11)16)9-4-2-1-3-5-9/h1-8,17H. The van der Waals surface area contributed by atoms with Crippen LogP contribution in [-0.4, -0.2) is 4.98 Å². The average Bonchev–Trinajstić information content (AvgIpc) is 2.80. The summed E-state index contributed by atoms with van der Waals surface area (Å²) in [4.78, 5) is 3.30. The SMILES string of the molecule is Clc1ccc2cc(-c3ccccc3)[nH]c2c1Cl. The van der Waals surface area contributed by atoms with Gasteiger partial charge in [-0.2, -0.15) is 0 Å². The predicted octanol–water partition coefficient (Wildman–Crippen LogP) is 5.14. The van der Waals surface area contributed by atoms with E-state index in [0.717, 1.165) is 22.2 Å². The van der Waals surface area contributed by atoms with E-state index < -0.39 is 0 Å². The zero-order valence-corrected chi connectivity index (χ0v) is 10.4. The van der Waals surface area contributed by atoms with Gasteiger partial charge in [-0.15, -0.1) is 0 Å². The van der Waals surface area contributed by atoms with Crippen LogP contribution in [0.5, 0.6) is 0 Å². The number of aromatic amines is 1. The van der Waals surface area contributed by atoms with Crippen LogP contribution in [-0.2, 0) is 0 Å². The van der Waals surface area contributed by atoms with Crippen molar-refractivity contribution in [1.29, 1.82) is 0 Å². The van der Waals surface area contributed by atoms with Gasteiger partial charge in [0.25, 0.3) is 0 Å². The van der Waals surface area contributed by atoms with Crippen LogP contribution in [0.25, 0.3) is 22.2 Å². The van der Waals surface area contributed by atoms with Gasteiger partial charge in [-0.3, -0.25) is 0 Å². The highest BCUT2D eigenvalue weighted by molar-refractivity contribution is 6.45. The Balaban J connectivity index is 2.24. The lowest BCUT2D eigenvalue weighted by molar-refractivity contribution is 1.45. The number of halogens is 2. The number of nitrogens with one attached hydrogen (secondary N) is 1. The molecule has 84 valence electrons. The average molecular weight is 262 g/mol. The molecule has 3 heteroatoms. The van der Waals surface area contributed by atoms with Gasteiger partial charge in [0.2, 0.25) is 0 Å². The van der Waals surface area contributed by atoms with Crippen LogP contribution in [0, 0.1) is 0 Å². The monoisotopic (exact) mass is 261 g/mol. The Morgan fingerprint density at radius 1 is 0.882 bits per heavy atom. The minimum atomic E-state index is 0.570. The zero-order chi connectivity index (χ0) is 11.8. The van der Waals surface area contributed by atoms with Crippen molar-refractivity contribution >= 4 is 34.1 Å². The smallest absolute Gasteiger partial charge is 0.0833 e. The summed E-state index contributed by atoms with van der Waals surface area (Å²) in [7, 11) is 0. The Kier molecular flexibility index (Phi) is 2.58. The predicted molar refractivity (Wildman–Crippen MR) is 73.8 cm³/mol. The molecule has 1 aromatic heterocycles. The molecule has 0 saturated carbocycles. The summed E-state index contributed by atoms with van der Waals surface area (Å²) < 4.78 is 0. The quantitative estimate of drug-likeness (QED) is 0.624. The van der Waals surface area contributed by atoms with E-state index in [2.05, 4.69) is 23.2 Å². The highest BCUT2D eigenvalue weighted by atomic mass is 35.5. The molecule has 0 atom stereocenters. The maximum absolute atomic E-state index is 6.16. The van der Waals surface area contributed by atoms with Crippen molar-refractivity contribution in [3.05, 3.63) is 58.6 Å². The van der Waals surface area contributed by atoms with Gasteiger partial charge in [0, 0.05) is 11.1 Å². The van der Waals surface area contributed by atoms with E-state index in [-0.39, 0.29) is 0 Å². The van der Waals surface area contributed by atoms with E-state index in [1.54, 1.807) is 0 Å². The van der Waals surface area contributed by atoms with Crippen LogP contribution < -0.4 is 0 Å². The Labute approximate surface area is 109 Å². The van der Waals surface area contributed by atoms with Gasteiger partial charge in [0.15, 0.2) is 0 Å². The highest BCUT2D eigenvalue weighted by Gasteiger charge is 2.08. The second kappa shape index (κ2) is 4.10. The van der Waals surface area contributed by atoms with Crippen LogP contribution >= 0.6 is 23.2 Å². The molecule has 0 unspecified atom stereocenters. The number of H-pyrrole nitrogens is 1. The van der Waals surface area contributed by atoms with Crippen molar-refractivity contribution in [1.82, 2.24) is 4.98 Å². The minimum absolute atomic E-state index is 0.570. The molecule has 0 aliphatic carbocycles. The van der Waals surface area contributed by atoms with Crippen molar-refractivity contribution in [3.8, 4) is 11.3 Å². The van der Waals surface area contributed by atoms with Crippen molar-refractivity contribution in [2.24, 2.45) is 0 Å². The molecule has 0 radical (unpaired) electrons. The minimum Gasteiger partial charge on any atom is -0.353 e. The van der Waals surface area contributed by atoms with Gasteiger partial charge < -0.3 is 4.98 Å². The molecule has 1 N–H and O–H groups in total. The van der Waals surface area contributed by atoms with Crippen molar-refractivity contribution in [2.45, 2.75) is 0 Å². The second-order valence-corrected chi connectivity index (χ2v) is 4.66. The first-order valence-corrected chi connectivity index (χ1v) is 6.03. The summed E-state index contributed by atoms with van der Waals surface area (Å²) in [6.45, 7) is 0. The number of rotatable bonds is 1. The number of fused-ring (bicyclic) bond motifs is 1. The van der Waals surface area contributed by atoms with Gasteiger partial charge in [-0.25, -0.2) is 0 Å². The topological polar surface area (TPSA) is 15.8 Å². The van der Waals surface area contributed by atoms with E-state index in [0.29, 0.717) is 10.0 Å². The molecule has 3 rings (SSSR count). The number of aromatic nitrogens is 1. The molecular formula is C14H9Cl2N. The van der Waals surface area contributed by atoms with Crippen LogP contribution in [0.2, 0.25) is 10.0 Å². The van der Waals surface area contributed by atoms with E-state index in [9.17, 15) is 0 Å². The molecule has 17 heavy (non-hydrogen) atoms. The molecule has 0 fully saturated rings. The third-order valence-electron chi connectivity index (χ3n) is 2.77. The van der Waals surface area contributed by atoms with Crippen molar-refractivity contribution in [3.63, 3.8) is 0 Å². The molecule has 0 saturated heterocycles. The fourth-order valence-corrected chi connectivity index (χ4v) is 2.29. The first-order chi connectivity index (χ1) is 8.25. The maximum atomic E-state index is 6.16. The van der Waals surface area contributed by atoms with Gasteiger partial charge in [0.1, 0.15) is 0 Å². The second-order valence-electron chi connectivity index (χ2n) is 3.87. The van der Waals surface area contributed by atoms with Gasteiger partial charge >= 0.3 is 0 Å². The first kappa shape index (κ1) is 10.7. The fraction of sp³-hybridized carbons (Fsp3) is 0. The number of hydrogen-bond donors (Lipinski definition) is 1. The molecule has 0 amide bonds. The maximum Gasteiger partial charge on any atom is 0.0833 e. The van der Waals surface area contributed by atoms with Crippen LogP contribution in [0.3, 0.4) is 0 Å². The lowest BCUT2D eigenvalue weighted by Crippen LogP contribution is -1.76. The summed E-state index contributed by atoms with van der Waals surface area (Å²) in [5.74, 6) is 0. The molecule has 0 bridgehead atoms. The summed E-state index contributed by atoms with van der Waals surface area (Å²) in [5, 5.41) is 2.21. The Morgan fingerprint density at radius 2 is 1.65 bits per heavy atom. The van der Waals surface area contributed by atoms with Gasteiger partial charge in [-0.1, -0.05) is 59.6 Å².